The molecular weight excluding hydrogens is 270 g/mol. The number of halogens is 1. The number of anilines is 1. The molecule has 0 amide bonds. The van der Waals surface area contributed by atoms with Gasteiger partial charge in [0.2, 0.25) is 0 Å². The second-order valence-corrected chi connectivity index (χ2v) is 4.81. The molecule has 7 heteroatoms. The molecule has 1 N–H and O–H groups in total. The van der Waals surface area contributed by atoms with Gasteiger partial charge in [0, 0.05) is 13.1 Å². The van der Waals surface area contributed by atoms with Crippen molar-refractivity contribution in [2.45, 2.75) is 19.8 Å². The third-order valence-electron chi connectivity index (χ3n) is 3.16. The maximum Gasteiger partial charge on any atom is 0.310 e. The van der Waals surface area contributed by atoms with Crippen LogP contribution in [-0.2, 0) is 9.53 Å². The van der Waals surface area contributed by atoms with Gasteiger partial charge in [-0.2, -0.15) is 5.10 Å². The number of nitrogens with zero attached hydrogens (tertiary/aromatic N) is 2. The van der Waals surface area contributed by atoms with Crippen LogP contribution in [0.5, 0.6) is 0 Å². The number of esters is 1. The van der Waals surface area contributed by atoms with E-state index in [1.807, 2.05) is 4.90 Å². The van der Waals surface area contributed by atoms with E-state index in [9.17, 15) is 9.59 Å². The summed E-state index contributed by atoms with van der Waals surface area (Å²) in [6.45, 7) is 3.42. The maximum absolute atomic E-state index is 11.8. The molecule has 0 aromatic carbocycles. The van der Waals surface area contributed by atoms with E-state index in [-0.39, 0.29) is 16.9 Å². The van der Waals surface area contributed by atoms with Crippen molar-refractivity contribution in [3.8, 4) is 0 Å². The Hall–Kier alpha value is -1.56. The number of carbonyl (C=O) groups is 1. The van der Waals surface area contributed by atoms with Crippen molar-refractivity contribution < 1.29 is 9.53 Å². The minimum Gasteiger partial charge on any atom is -0.466 e. The molecule has 1 aromatic rings. The number of ether oxygens (including phenoxy) is 1. The fourth-order valence-corrected chi connectivity index (χ4v) is 2.45. The summed E-state index contributed by atoms with van der Waals surface area (Å²) in [4.78, 5) is 25.1. The molecular formula is C12H16ClN3O3. The lowest BCUT2D eigenvalue weighted by Crippen LogP contribution is -2.40. The van der Waals surface area contributed by atoms with Crippen LogP contribution in [0.15, 0.2) is 11.0 Å². The average Bonchev–Trinajstić information content (AvgIpc) is 2.42. The van der Waals surface area contributed by atoms with Crippen LogP contribution in [0.25, 0.3) is 0 Å². The topological polar surface area (TPSA) is 75.3 Å². The summed E-state index contributed by atoms with van der Waals surface area (Å²) < 4.78 is 5.04. The van der Waals surface area contributed by atoms with Crippen molar-refractivity contribution in [2.24, 2.45) is 5.92 Å². The van der Waals surface area contributed by atoms with Gasteiger partial charge in [-0.15, -0.1) is 0 Å². The SMILES string of the molecule is CCOC(=O)[C@H]1CCCN(c2cn[nH]c(=O)c2Cl)C1. The second kappa shape index (κ2) is 6.06. The molecule has 0 radical (unpaired) electrons. The van der Waals surface area contributed by atoms with Crippen LogP contribution in [0.3, 0.4) is 0 Å². The van der Waals surface area contributed by atoms with Crippen molar-refractivity contribution in [1.82, 2.24) is 10.2 Å². The third kappa shape index (κ3) is 3.07. The van der Waals surface area contributed by atoms with E-state index < -0.39 is 5.56 Å². The lowest BCUT2D eigenvalue weighted by Gasteiger charge is -2.33. The van der Waals surface area contributed by atoms with Gasteiger partial charge in [0.15, 0.2) is 0 Å². The molecule has 1 aromatic heterocycles. The average molecular weight is 286 g/mol. The number of aromatic amines is 1. The largest absolute Gasteiger partial charge is 0.466 e. The van der Waals surface area contributed by atoms with Crippen LogP contribution < -0.4 is 10.5 Å². The fraction of sp³-hybridized carbons (Fsp3) is 0.583. The molecule has 6 nitrogen and oxygen atoms in total. The standard InChI is InChI=1S/C12H16ClN3O3/c1-2-19-12(18)8-4-3-5-16(7-8)9-6-14-15-11(17)10(9)13/h6,8H,2-5,7H2,1H3,(H,15,17)/t8-/m0/s1. The number of hydrogen-bond donors (Lipinski definition) is 1. The third-order valence-corrected chi connectivity index (χ3v) is 3.52. The first-order valence-electron chi connectivity index (χ1n) is 6.28. The van der Waals surface area contributed by atoms with Crippen LogP contribution in [0.4, 0.5) is 5.69 Å². The van der Waals surface area contributed by atoms with Crippen LogP contribution in [0, 0.1) is 5.92 Å². The number of H-pyrrole nitrogens is 1. The van der Waals surface area contributed by atoms with Crippen LogP contribution in [0.1, 0.15) is 19.8 Å². The molecule has 0 bridgehead atoms. The van der Waals surface area contributed by atoms with E-state index in [0.717, 1.165) is 19.4 Å². The van der Waals surface area contributed by atoms with E-state index >= 15 is 0 Å². The Bertz CT molecular complexity index is 517. The zero-order chi connectivity index (χ0) is 13.8. The molecule has 19 heavy (non-hydrogen) atoms. The van der Waals surface area contributed by atoms with Crippen molar-refractivity contribution in [2.75, 3.05) is 24.6 Å². The van der Waals surface area contributed by atoms with Crippen molar-refractivity contribution >= 4 is 23.3 Å². The first-order valence-corrected chi connectivity index (χ1v) is 6.66. The summed E-state index contributed by atoms with van der Waals surface area (Å²) >= 11 is 5.97. The Labute approximate surface area is 115 Å². The van der Waals surface area contributed by atoms with E-state index in [1.165, 1.54) is 6.20 Å². The smallest absolute Gasteiger partial charge is 0.310 e. The van der Waals surface area contributed by atoms with Gasteiger partial charge in [-0.25, -0.2) is 5.10 Å². The highest BCUT2D eigenvalue weighted by Crippen LogP contribution is 2.26. The van der Waals surface area contributed by atoms with Gasteiger partial charge in [-0.3, -0.25) is 9.59 Å². The Morgan fingerprint density at radius 3 is 3.21 bits per heavy atom. The molecule has 2 rings (SSSR count). The Balaban J connectivity index is 2.15. The zero-order valence-corrected chi connectivity index (χ0v) is 11.4. The number of aromatic nitrogens is 2. The molecule has 0 unspecified atom stereocenters. The Morgan fingerprint density at radius 1 is 1.68 bits per heavy atom. The molecule has 2 heterocycles. The van der Waals surface area contributed by atoms with Crippen LogP contribution in [0.2, 0.25) is 5.02 Å². The van der Waals surface area contributed by atoms with Crippen molar-refractivity contribution in [1.29, 1.82) is 0 Å². The minimum atomic E-state index is -0.419. The normalized spacial score (nSPS) is 19.3. The summed E-state index contributed by atoms with van der Waals surface area (Å²) in [7, 11) is 0. The monoisotopic (exact) mass is 285 g/mol. The van der Waals surface area contributed by atoms with Gasteiger partial charge in [0.1, 0.15) is 5.02 Å². The molecule has 0 aliphatic carbocycles. The number of hydrogen-bond acceptors (Lipinski definition) is 5. The first kappa shape index (κ1) is 13.9. The molecule has 1 saturated heterocycles. The van der Waals surface area contributed by atoms with E-state index in [1.54, 1.807) is 6.92 Å². The summed E-state index contributed by atoms with van der Waals surface area (Å²) in [6, 6.07) is 0. The molecule has 1 aliphatic heterocycles. The fourth-order valence-electron chi connectivity index (χ4n) is 2.24. The lowest BCUT2D eigenvalue weighted by atomic mass is 9.98. The van der Waals surface area contributed by atoms with Crippen molar-refractivity contribution in [3.63, 3.8) is 0 Å². The number of rotatable bonds is 3. The molecule has 1 atom stereocenters. The summed E-state index contributed by atoms with van der Waals surface area (Å²) in [5.74, 6) is -0.370. The number of carbonyl (C=O) groups excluding carboxylic acids is 1. The highest BCUT2D eigenvalue weighted by molar-refractivity contribution is 6.33. The molecule has 0 saturated carbocycles. The first-order chi connectivity index (χ1) is 9.13. The Morgan fingerprint density at radius 2 is 2.47 bits per heavy atom. The summed E-state index contributed by atoms with van der Waals surface area (Å²) in [6.07, 6.45) is 3.16. The lowest BCUT2D eigenvalue weighted by molar-refractivity contribution is -0.148. The molecule has 1 fully saturated rings. The minimum absolute atomic E-state index is 0.111. The maximum atomic E-state index is 11.8. The Kier molecular flexibility index (Phi) is 4.42. The number of nitrogens with one attached hydrogen (secondary N) is 1. The van der Waals surface area contributed by atoms with Gasteiger partial charge in [-0.05, 0) is 19.8 Å². The van der Waals surface area contributed by atoms with Gasteiger partial charge in [0.25, 0.3) is 5.56 Å². The van der Waals surface area contributed by atoms with Gasteiger partial charge >= 0.3 is 5.97 Å². The van der Waals surface area contributed by atoms with Gasteiger partial charge in [0.05, 0.1) is 24.4 Å². The van der Waals surface area contributed by atoms with Gasteiger partial charge < -0.3 is 9.64 Å². The van der Waals surface area contributed by atoms with Crippen LogP contribution in [-0.4, -0.2) is 35.9 Å². The molecule has 0 spiro atoms. The summed E-state index contributed by atoms with van der Waals surface area (Å²) in [5.41, 5.74) is 0.150. The van der Waals surface area contributed by atoms with Gasteiger partial charge in [-0.1, -0.05) is 11.6 Å². The summed E-state index contributed by atoms with van der Waals surface area (Å²) in [5, 5.41) is 6.13. The van der Waals surface area contributed by atoms with E-state index in [0.29, 0.717) is 18.8 Å². The molecule has 1 aliphatic rings. The van der Waals surface area contributed by atoms with E-state index in [2.05, 4.69) is 10.2 Å². The predicted octanol–water partition coefficient (Wildman–Crippen LogP) is 1.20. The number of piperidine rings is 1. The second-order valence-electron chi connectivity index (χ2n) is 4.44. The predicted molar refractivity (Wildman–Crippen MR) is 71.4 cm³/mol. The highest BCUT2D eigenvalue weighted by atomic mass is 35.5. The van der Waals surface area contributed by atoms with E-state index in [4.69, 9.17) is 16.3 Å². The molecule has 104 valence electrons. The van der Waals surface area contributed by atoms with Crippen LogP contribution >= 0.6 is 11.6 Å². The van der Waals surface area contributed by atoms with Crippen molar-refractivity contribution in [3.05, 3.63) is 21.6 Å². The zero-order valence-electron chi connectivity index (χ0n) is 10.7. The highest BCUT2D eigenvalue weighted by Gasteiger charge is 2.28. The quantitative estimate of drug-likeness (QED) is 0.845.